The van der Waals surface area contributed by atoms with Gasteiger partial charge in [0.2, 0.25) is 0 Å². The molecular weight excluding hydrogens is 185 g/mol. The Morgan fingerprint density at radius 1 is 1.71 bits per heavy atom. The van der Waals surface area contributed by atoms with Crippen LogP contribution in [0.15, 0.2) is 5.11 Å². The average Bonchev–Trinajstić information content (AvgIpc) is 2.48. The molecule has 1 saturated heterocycles. The first-order valence-electron chi connectivity index (χ1n) is 4.54. The van der Waals surface area contributed by atoms with Crippen molar-refractivity contribution < 1.29 is 14.2 Å². The largest absolute Gasteiger partial charge is 0.382 e. The van der Waals surface area contributed by atoms with Gasteiger partial charge in [0.15, 0.2) is 0 Å². The molecule has 0 aliphatic carbocycles. The van der Waals surface area contributed by atoms with Gasteiger partial charge in [-0.15, -0.1) is 0 Å². The van der Waals surface area contributed by atoms with Crippen molar-refractivity contribution in [1.29, 1.82) is 0 Å². The van der Waals surface area contributed by atoms with Gasteiger partial charge in [-0.2, -0.15) is 0 Å². The van der Waals surface area contributed by atoms with E-state index in [1.807, 2.05) is 7.85 Å². The lowest BCUT2D eigenvalue weighted by molar-refractivity contribution is -0.0445. The normalized spacial score (nSPS) is 31.4. The zero-order chi connectivity index (χ0) is 10.4. The van der Waals surface area contributed by atoms with Crippen molar-refractivity contribution >= 4 is 7.85 Å². The van der Waals surface area contributed by atoms with Crippen LogP contribution in [0.2, 0.25) is 0 Å². The summed E-state index contributed by atoms with van der Waals surface area (Å²) in [6.45, 7) is 0.558. The van der Waals surface area contributed by atoms with Crippen LogP contribution in [0.25, 0.3) is 10.4 Å². The third kappa shape index (κ3) is 3.19. The maximum absolute atomic E-state index is 8.08. The minimum Gasteiger partial charge on any atom is -0.382 e. The molecule has 14 heavy (non-hydrogen) atoms. The fourth-order valence-corrected chi connectivity index (χ4v) is 1.56. The molecule has 1 heterocycles. The number of azide groups is 1. The number of rotatable bonds is 5. The fraction of sp³-hybridized carbons (Fsp3) is 1.00. The molecule has 1 aliphatic heterocycles. The highest BCUT2D eigenvalue weighted by Crippen LogP contribution is 2.21. The van der Waals surface area contributed by atoms with Gasteiger partial charge < -0.3 is 14.2 Å². The van der Waals surface area contributed by atoms with Crippen LogP contribution in [0, 0.1) is 0 Å². The van der Waals surface area contributed by atoms with Gasteiger partial charge in [-0.3, -0.25) is 0 Å². The number of methoxy groups -OCH3 is 1. The Kier molecular flexibility index (Phi) is 4.75. The molecule has 0 unspecified atom stereocenters. The van der Waals surface area contributed by atoms with Gasteiger partial charge in [0.25, 0.3) is 0 Å². The summed E-state index contributed by atoms with van der Waals surface area (Å²) in [6.07, 6.45) is 0.731. The summed E-state index contributed by atoms with van der Waals surface area (Å²) in [5, 5.41) is 3.32. The number of nitrogens with zero attached hydrogens (tertiary/aromatic N) is 3. The van der Waals surface area contributed by atoms with Crippen LogP contribution < -0.4 is 0 Å². The first kappa shape index (κ1) is 11.3. The van der Waals surface area contributed by atoms with Crippen molar-refractivity contribution in [2.45, 2.75) is 24.6 Å². The minimum absolute atomic E-state index is 0.0320. The highest BCUT2D eigenvalue weighted by Gasteiger charge is 2.33. The van der Waals surface area contributed by atoms with Crippen LogP contribution in [0.5, 0.6) is 0 Å². The molecule has 0 aromatic heterocycles. The van der Waals surface area contributed by atoms with Crippen molar-refractivity contribution in [3.63, 3.8) is 0 Å². The Hall–Kier alpha value is -0.745. The quantitative estimate of drug-likeness (QED) is 0.271. The molecule has 78 valence electrons. The van der Waals surface area contributed by atoms with Crippen LogP contribution >= 0.6 is 0 Å². The first-order valence-corrected chi connectivity index (χ1v) is 4.54. The SMILES string of the molecule is B[C@H]1C[C@@H](OCN=[N+]=[N-])[C@@H](COC)O1. The van der Waals surface area contributed by atoms with Gasteiger partial charge in [0, 0.05) is 18.0 Å². The summed E-state index contributed by atoms with van der Waals surface area (Å²) < 4.78 is 15.9. The summed E-state index contributed by atoms with van der Waals surface area (Å²) >= 11 is 0. The Bertz CT molecular complexity index is 222. The van der Waals surface area contributed by atoms with E-state index in [0.717, 1.165) is 6.42 Å². The lowest BCUT2D eigenvalue weighted by Gasteiger charge is -2.16. The molecule has 0 spiro atoms. The third-order valence-electron chi connectivity index (χ3n) is 2.13. The summed E-state index contributed by atoms with van der Waals surface area (Å²) in [7, 11) is 3.61. The lowest BCUT2D eigenvalue weighted by atomic mass is 9.96. The standard InChI is InChI=1S/C7H14BN3O3/c1-12-3-6-5(2-7(8)14-6)13-4-10-11-9/h5-7H,2-4,8H2,1H3/t5-,6-,7-/m1/s1. The van der Waals surface area contributed by atoms with Crippen molar-refractivity contribution in [3.05, 3.63) is 10.4 Å². The molecule has 7 heteroatoms. The van der Waals surface area contributed by atoms with E-state index in [1.54, 1.807) is 7.11 Å². The highest BCUT2D eigenvalue weighted by molar-refractivity contribution is 6.11. The number of hydrogen-bond acceptors (Lipinski definition) is 4. The Morgan fingerprint density at radius 3 is 3.14 bits per heavy atom. The van der Waals surface area contributed by atoms with Crippen molar-refractivity contribution in [2.24, 2.45) is 5.11 Å². The Labute approximate surface area is 83.5 Å². The van der Waals surface area contributed by atoms with Crippen LogP contribution in [-0.2, 0) is 14.2 Å². The van der Waals surface area contributed by atoms with E-state index in [1.165, 1.54) is 0 Å². The molecule has 0 radical (unpaired) electrons. The molecule has 1 rings (SSSR count). The van der Waals surface area contributed by atoms with Crippen LogP contribution in [0.4, 0.5) is 0 Å². The van der Waals surface area contributed by atoms with Gasteiger partial charge in [-0.25, -0.2) is 0 Å². The summed E-state index contributed by atoms with van der Waals surface area (Å²) in [6, 6.07) is 0.172. The third-order valence-corrected chi connectivity index (χ3v) is 2.13. The molecule has 0 bridgehead atoms. The van der Waals surface area contributed by atoms with E-state index in [9.17, 15) is 0 Å². The fourth-order valence-electron chi connectivity index (χ4n) is 1.56. The lowest BCUT2D eigenvalue weighted by Crippen LogP contribution is -2.28. The Balaban J connectivity index is 2.36. The molecule has 0 N–H and O–H groups in total. The topological polar surface area (TPSA) is 76.5 Å². The van der Waals surface area contributed by atoms with E-state index in [-0.39, 0.29) is 24.9 Å². The molecule has 6 nitrogen and oxygen atoms in total. The molecular formula is C7H14BN3O3. The molecule has 3 atom stereocenters. The van der Waals surface area contributed by atoms with Crippen LogP contribution in [0.3, 0.4) is 0 Å². The smallest absolute Gasteiger partial charge is 0.139 e. The highest BCUT2D eigenvalue weighted by atomic mass is 16.6. The number of hydrogen-bond donors (Lipinski definition) is 0. The molecule has 0 aromatic carbocycles. The molecule has 0 amide bonds. The zero-order valence-electron chi connectivity index (χ0n) is 8.42. The second kappa shape index (κ2) is 5.88. The summed E-state index contributed by atoms with van der Waals surface area (Å²) in [5.74, 6) is 0. The first-order chi connectivity index (χ1) is 6.77. The summed E-state index contributed by atoms with van der Waals surface area (Å²) in [5.41, 5.74) is 8.08. The minimum atomic E-state index is -0.0520. The molecule has 1 aliphatic rings. The van der Waals surface area contributed by atoms with Gasteiger partial charge in [0.05, 0.1) is 12.7 Å². The van der Waals surface area contributed by atoms with Crippen molar-refractivity contribution in [3.8, 4) is 0 Å². The van der Waals surface area contributed by atoms with E-state index in [2.05, 4.69) is 10.0 Å². The second-order valence-electron chi connectivity index (χ2n) is 3.24. The van der Waals surface area contributed by atoms with Gasteiger partial charge in [-0.1, -0.05) is 5.11 Å². The van der Waals surface area contributed by atoms with Crippen LogP contribution in [0.1, 0.15) is 6.42 Å². The average molecular weight is 199 g/mol. The molecule has 1 fully saturated rings. The van der Waals surface area contributed by atoms with E-state index in [0.29, 0.717) is 6.61 Å². The van der Waals surface area contributed by atoms with E-state index >= 15 is 0 Å². The number of ether oxygens (including phenoxy) is 3. The predicted octanol–water partition coefficient (Wildman–Crippen LogP) is 0.0339. The van der Waals surface area contributed by atoms with Gasteiger partial charge >= 0.3 is 0 Å². The van der Waals surface area contributed by atoms with Crippen molar-refractivity contribution in [1.82, 2.24) is 0 Å². The molecule has 0 saturated carbocycles. The zero-order valence-corrected chi connectivity index (χ0v) is 8.42. The summed E-state index contributed by atoms with van der Waals surface area (Å²) in [4.78, 5) is 2.61. The predicted molar refractivity (Wildman–Crippen MR) is 52.6 cm³/mol. The van der Waals surface area contributed by atoms with Gasteiger partial charge in [-0.05, 0) is 12.0 Å². The maximum Gasteiger partial charge on any atom is 0.139 e. The van der Waals surface area contributed by atoms with Gasteiger partial charge in [0.1, 0.15) is 20.7 Å². The monoisotopic (exact) mass is 199 g/mol. The maximum atomic E-state index is 8.08. The Morgan fingerprint density at radius 2 is 2.50 bits per heavy atom. The molecule has 0 aromatic rings. The second-order valence-corrected chi connectivity index (χ2v) is 3.24. The van der Waals surface area contributed by atoms with Crippen molar-refractivity contribution in [2.75, 3.05) is 20.4 Å². The van der Waals surface area contributed by atoms with E-state index < -0.39 is 0 Å². The van der Waals surface area contributed by atoms with E-state index in [4.69, 9.17) is 19.7 Å². The van der Waals surface area contributed by atoms with Crippen LogP contribution in [-0.4, -0.2) is 46.5 Å².